The quantitative estimate of drug-likeness (QED) is 0.613. The van der Waals surface area contributed by atoms with Crippen LogP contribution < -0.4 is 11.5 Å². The van der Waals surface area contributed by atoms with E-state index in [1.807, 2.05) is 18.7 Å². The zero-order chi connectivity index (χ0) is 14.7. The number of amides is 1. The first-order valence-electron chi connectivity index (χ1n) is 6.40. The summed E-state index contributed by atoms with van der Waals surface area (Å²) in [7, 11) is 0. The molecule has 0 spiro atoms. The Balaban J connectivity index is 1.91. The van der Waals surface area contributed by atoms with E-state index in [2.05, 4.69) is 9.97 Å². The smallest absolute Gasteiger partial charge is 0.233 e. The SMILES string of the molecule is C[C@@H]1CN(C(=O)CSc2nc(N)cc(N)n2)C[C@H](C)O1. The number of nitrogens with zero attached hydrogens (tertiary/aromatic N) is 3. The highest BCUT2D eigenvalue weighted by atomic mass is 32.2. The number of aromatic nitrogens is 2. The standard InChI is InChI=1S/C12H19N5O2S/c1-7-4-17(5-8(2)19-7)11(18)6-20-12-15-9(13)3-10(14)16-12/h3,7-8H,4-6H2,1-2H3,(H4,13,14,15,16)/t7-,8+. The second-order valence-electron chi connectivity index (χ2n) is 4.84. The van der Waals surface area contributed by atoms with Crippen LogP contribution in [0.25, 0.3) is 0 Å². The Labute approximate surface area is 122 Å². The van der Waals surface area contributed by atoms with E-state index < -0.39 is 0 Å². The summed E-state index contributed by atoms with van der Waals surface area (Å²) < 4.78 is 5.60. The predicted octanol–water partition coefficient (Wildman–Crippen LogP) is 0.369. The minimum Gasteiger partial charge on any atom is -0.383 e. The Morgan fingerprint density at radius 2 is 1.90 bits per heavy atom. The number of hydrogen-bond donors (Lipinski definition) is 2. The first kappa shape index (κ1) is 14.9. The third-order valence-corrected chi connectivity index (χ3v) is 3.67. The number of ether oxygens (including phenoxy) is 1. The van der Waals surface area contributed by atoms with E-state index in [-0.39, 0.29) is 23.9 Å². The van der Waals surface area contributed by atoms with Gasteiger partial charge in [0, 0.05) is 19.2 Å². The van der Waals surface area contributed by atoms with Gasteiger partial charge in [-0.2, -0.15) is 0 Å². The lowest BCUT2D eigenvalue weighted by atomic mass is 10.2. The first-order chi connectivity index (χ1) is 9.44. The number of hydrogen-bond acceptors (Lipinski definition) is 7. The summed E-state index contributed by atoms with van der Waals surface area (Å²) in [6, 6.07) is 1.48. The molecular weight excluding hydrogens is 278 g/mol. The van der Waals surface area contributed by atoms with E-state index >= 15 is 0 Å². The minimum absolute atomic E-state index is 0.0431. The molecule has 0 bridgehead atoms. The zero-order valence-corrected chi connectivity index (χ0v) is 12.4. The molecular formula is C12H19N5O2S. The lowest BCUT2D eigenvalue weighted by Gasteiger charge is -2.35. The third kappa shape index (κ3) is 3.97. The van der Waals surface area contributed by atoms with Gasteiger partial charge in [0.05, 0.1) is 18.0 Å². The van der Waals surface area contributed by atoms with Crippen LogP contribution in [0.3, 0.4) is 0 Å². The maximum atomic E-state index is 12.2. The topological polar surface area (TPSA) is 107 Å². The molecule has 0 saturated carbocycles. The average molecular weight is 297 g/mol. The van der Waals surface area contributed by atoms with Crippen molar-refractivity contribution >= 4 is 29.3 Å². The van der Waals surface area contributed by atoms with Crippen LogP contribution in [0.2, 0.25) is 0 Å². The number of morpholine rings is 1. The molecule has 0 unspecified atom stereocenters. The van der Waals surface area contributed by atoms with Crippen LogP contribution in [0.4, 0.5) is 11.6 Å². The molecule has 1 amide bonds. The van der Waals surface area contributed by atoms with Crippen molar-refractivity contribution in [2.45, 2.75) is 31.2 Å². The molecule has 1 saturated heterocycles. The lowest BCUT2D eigenvalue weighted by Crippen LogP contribution is -2.48. The van der Waals surface area contributed by atoms with Gasteiger partial charge in [-0.1, -0.05) is 11.8 Å². The van der Waals surface area contributed by atoms with Gasteiger partial charge < -0.3 is 21.1 Å². The van der Waals surface area contributed by atoms with E-state index in [0.717, 1.165) is 0 Å². The van der Waals surface area contributed by atoms with E-state index in [4.69, 9.17) is 16.2 Å². The van der Waals surface area contributed by atoms with Crippen molar-refractivity contribution in [1.29, 1.82) is 0 Å². The number of anilines is 2. The van der Waals surface area contributed by atoms with Gasteiger partial charge in [-0.05, 0) is 13.8 Å². The zero-order valence-electron chi connectivity index (χ0n) is 11.6. The van der Waals surface area contributed by atoms with Gasteiger partial charge in [0.1, 0.15) is 11.6 Å². The van der Waals surface area contributed by atoms with Crippen molar-refractivity contribution in [1.82, 2.24) is 14.9 Å². The maximum absolute atomic E-state index is 12.2. The summed E-state index contributed by atoms with van der Waals surface area (Å²) in [5, 5.41) is 0.421. The Bertz CT molecular complexity index is 468. The summed E-state index contributed by atoms with van der Waals surface area (Å²) in [5.74, 6) is 0.922. The monoisotopic (exact) mass is 297 g/mol. The van der Waals surface area contributed by atoms with Crippen molar-refractivity contribution in [2.24, 2.45) is 0 Å². The Hall–Kier alpha value is -1.54. The molecule has 0 radical (unpaired) electrons. The van der Waals surface area contributed by atoms with Crippen LogP contribution in [-0.2, 0) is 9.53 Å². The molecule has 2 heterocycles. The highest BCUT2D eigenvalue weighted by Gasteiger charge is 2.25. The van der Waals surface area contributed by atoms with Gasteiger partial charge in [0.2, 0.25) is 5.91 Å². The number of nitrogens with two attached hydrogens (primary N) is 2. The van der Waals surface area contributed by atoms with Gasteiger partial charge in [0.15, 0.2) is 5.16 Å². The predicted molar refractivity (Wildman–Crippen MR) is 78.2 cm³/mol. The van der Waals surface area contributed by atoms with Gasteiger partial charge >= 0.3 is 0 Å². The van der Waals surface area contributed by atoms with E-state index in [0.29, 0.717) is 29.9 Å². The molecule has 1 aliphatic heterocycles. The molecule has 20 heavy (non-hydrogen) atoms. The van der Waals surface area contributed by atoms with Crippen LogP contribution in [0, 0.1) is 0 Å². The fourth-order valence-corrected chi connectivity index (χ4v) is 2.90. The van der Waals surface area contributed by atoms with Crippen molar-refractivity contribution in [2.75, 3.05) is 30.3 Å². The second-order valence-corrected chi connectivity index (χ2v) is 5.79. The summed E-state index contributed by atoms with van der Waals surface area (Å²) in [4.78, 5) is 22.0. The molecule has 4 N–H and O–H groups in total. The maximum Gasteiger partial charge on any atom is 0.233 e. The molecule has 2 rings (SSSR count). The number of carbonyl (C=O) groups is 1. The van der Waals surface area contributed by atoms with Crippen molar-refractivity contribution in [3.05, 3.63) is 6.07 Å². The molecule has 8 heteroatoms. The van der Waals surface area contributed by atoms with Crippen molar-refractivity contribution in [3.8, 4) is 0 Å². The Morgan fingerprint density at radius 1 is 1.35 bits per heavy atom. The molecule has 0 aromatic carbocycles. The van der Waals surface area contributed by atoms with Crippen molar-refractivity contribution in [3.63, 3.8) is 0 Å². The third-order valence-electron chi connectivity index (χ3n) is 2.84. The van der Waals surface area contributed by atoms with E-state index in [1.165, 1.54) is 17.8 Å². The first-order valence-corrected chi connectivity index (χ1v) is 7.38. The van der Waals surface area contributed by atoms with E-state index in [9.17, 15) is 4.79 Å². The molecule has 1 fully saturated rings. The number of rotatable bonds is 3. The fraction of sp³-hybridized carbons (Fsp3) is 0.583. The van der Waals surface area contributed by atoms with Crippen LogP contribution in [0.1, 0.15) is 13.8 Å². The highest BCUT2D eigenvalue weighted by Crippen LogP contribution is 2.18. The molecule has 110 valence electrons. The molecule has 1 aromatic rings. The average Bonchev–Trinajstić information content (AvgIpc) is 2.33. The van der Waals surface area contributed by atoms with Crippen LogP contribution in [0.15, 0.2) is 11.2 Å². The number of nitrogen functional groups attached to an aromatic ring is 2. The van der Waals surface area contributed by atoms with Crippen molar-refractivity contribution < 1.29 is 9.53 Å². The van der Waals surface area contributed by atoms with Gasteiger partial charge in [-0.3, -0.25) is 4.79 Å². The second kappa shape index (κ2) is 6.27. The fourth-order valence-electron chi connectivity index (χ4n) is 2.13. The molecule has 1 aliphatic rings. The number of carbonyl (C=O) groups excluding carboxylic acids is 1. The van der Waals surface area contributed by atoms with Crippen LogP contribution >= 0.6 is 11.8 Å². The minimum atomic E-state index is 0.0431. The molecule has 7 nitrogen and oxygen atoms in total. The molecule has 0 aliphatic carbocycles. The van der Waals surface area contributed by atoms with Gasteiger partial charge in [0.25, 0.3) is 0 Å². The van der Waals surface area contributed by atoms with E-state index in [1.54, 1.807) is 0 Å². The Morgan fingerprint density at radius 3 is 2.45 bits per heavy atom. The van der Waals surface area contributed by atoms with Crippen LogP contribution in [-0.4, -0.2) is 51.8 Å². The summed E-state index contributed by atoms with van der Waals surface area (Å²) >= 11 is 1.24. The lowest BCUT2D eigenvalue weighted by molar-refractivity contribution is -0.140. The molecule has 1 aromatic heterocycles. The van der Waals surface area contributed by atoms with Gasteiger partial charge in [-0.25, -0.2) is 9.97 Å². The largest absolute Gasteiger partial charge is 0.383 e. The van der Waals surface area contributed by atoms with Gasteiger partial charge in [-0.15, -0.1) is 0 Å². The summed E-state index contributed by atoms with van der Waals surface area (Å²) in [5.41, 5.74) is 11.2. The van der Waals surface area contributed by atoms with Crippen LogP contribution in [0.5, 0.6) is 0 Å². The summed E-state index contributed by atoms with van der Waals surface area (Å²) in [6.45, 7) is 5.16. The molecule has 2 atom stereocenters. The Kier molecular flexibility index (Phi) is 4.66. The summed E-state index contributed by atoms with van der Waals surface area (Å²) in [6.07, 6.45) is 0.124. The normalized spacial score (nSPS) is 22.8. The highest BCUT2D eigenvalue weighted by molar-refractivity contribution is 7.99. The number of thioether (sulfide) groups is 1.